The lowest BCUT2D eigenvalue weighted by Gasteiger charge is -2.12. The number of rotatable bonds is 14. The Morgan fingerprint density at radius 1 is 1.05 bits per heavy atom. The van der Waals surface area contributed by atoms with Crippen LogP contribution in [0.5, 0.6) is 5.75 Å². The Morgan fingerprint density at radius 3 is 2.56 bits per heavy atom. The third-order valence-corrected chi connectivity index (χ3v) is 7.26. The fourth-order valence-electron chi connectivity index (χ4n) is 3.93. The molecular formula is C28H28ClN3O6S. The Hall–Kier alpha value is -3.70. The van der Waals surface area contributed by atoms with Gasteiger partial charge in [0.15, 0.2) is 5.82 Å². The Bertz CT molecular complexity index is 1440. The molecule has 0 bridgehead atoms. The highest BCUT2D eigenvalue weighted by Crippen LogP contribution is 2.37. The lowest BCUT2D eigenvalue weighted by Crippen LogP contribution is -2.39. The molecule has 0 amide bonds. The minimum Gasteiger partial charge on any atom is -0.494 e. The fourth-order valence-corrected chi connectivity index (χ4v) is 5.01. The number of hydrogen-bond donors (Lipinski definition) is 5. The summed E-state index contributed by atoms with van der Waals surface area (Å²) in [5, 5.41) is 34.6. The van der Waals surface area contributed by atoms with Crippen molar-refractivity contribution in [1.29, 1.82) is 0 Å². The normalized spacial score (nSPS) is 11.8. The van der Waals surface area contributed by atoms with E-state index in [4.69, 9.17) is 26.6 Å². The lowest BCUT2D eigenvalue weighted by molar-refractivity contribution is -0.140. The molecule has 0 fully saturated rings. The first kappa shape index (κ1) is 28.3. The zero-order valence-electron chi connectivity index (χ0n) is 20.9. The summed E-state index contributed by atoms with van der Waals surface area (Å²) < 4.78 is 11.2. The number of aliphatic hydroxyl groups excluding tert-OH is 1. The maximum atomic E-state index is 11.1. The number of ether oxygens (including phenoxy) is 1. The first-order valence-corrected chi connectivity index (χ1v) is 13.5. The van der Waals surface area contributed by atoms with Gasteiger partial charge in [-0.15, -0.1) is 0 Å². The summed E-state index contributed by atoms with van der Waals surface area (Å²) in [6.45, 7) is 0.272. The van der Waals surface area contributed by atoms with Crippen molar-refractivity contribution >= 4 is 56.7 Å². The van der Waals surface area contributed by atoms with Gasteiger partial charge in [-0.05, 0) is 65.8 Å². The van der Waals surface area contributed by atoms with Gasteiger partial charge < -0.3 is 25.4 Å². The van der Waals surface area contributed by atoms with Gasteiger partial charge in [-0.2, -0.15) is 4.37 Å². The molecule has 0 spiro atoms. The molecule has 0 aliphatic rings. The summed E-state index contributed by atoms with van der Waals surface area (Å²) in [5.41, 5.74) is 3.35. The molecule has 4 aromatic rings. The number of carboxylic acid groups (broad SMARTS) is 2. The van der Waals surface area contributed by atoms with Crippen molar-refractivity contribution < 1.29 is 29.6 Å². The number of carboxylic acids is 2. The van der Waals surface area contributed by atoms with Crippen LogP contribution < -0.4 is 15.4 Å². The molecule has 204 valence electrons. The Balaban J connectivity index is 1.42. The lowest BCUT2D eigenvalue weighted by atomic mass is 10.0. The second-order valence-electron chi connectivity index (χ2n) is 8.83. The van der Waals surface area contributed by atoms with E-state index in [1.54, 1.807) is 0 Å². The van der Waals surface area contributed by atoms with E-state index in [1.807, 2.05) is 60.7 Å². The summed E-state index contributed by atoms with van der Waals surface area (Å²) in [4.78, 5) is 21.7. The SMILES string of the molecule is O=C(O)CCCCOc1ccc(-c2cccc(Nc3nsc4cc(CN[C@@H](CO)C(=O)O)ccc34)c2Cl)cc1. The van der Waals surface area contributed by atoms with Crippen LogP contribution in [-0.2, 0) is 16.1 Å². The molecule has 0 saturated carbocycles. The van der Waals surface area contributed by atoms with E-state index in [-0.39, 0.29) is 6.42 Å². The quantitative estimate of drug-likeness (QED) is 0.124. The van der Waals surface area contributed by atoms with Crippen LogP contribution in [0.1, 0.15) is 24.8 Å². The van der Waals surface area contributed by atoms with Gasteiger partial charge in [0.1, 0.15) is 11.8 Å². The molecule has 0 saturated heterocycles. The van der Waals surface area contributed by atoms with Crippen molar-refractivity contribution in [2.75, 3.05) is 18.5 Å². The molecule has 0 aliphatic carbocycles. The summed E-state index contributed by atoms with van der Waals surface area (Å²) >= 11 is 8.11. The number of hydrogen-bond acceptors (Lipinski definition) is 8. The summed E-state index contributed by atoms with van der Waals surface area (Å²) in [6, 6.07) is 18.0. The molecular weight excluding hydrogens is 542 g/mol. The highest BCUT2D eigenvalue weighted by atomic mass is 35.5. The number of unbranched alkanes of at least 4 members (excludes halogenated alkanes) is 1. The number of benzene rings is 3. The predicted molar refractivity (Wildman–Crippen MR) is 152 cm³/mol. The van der Waals surface area contributed by atoms with E-state index in [9.17, 15) is 14.7 Å². The van der Waals surface area contributed by atoms with Crippen LogP contribution >= 0.6 is 23.1 Å². The van der Waals surface area contributed by atoms with Crippen LogP contribution in [0.15, 0.2) is 60.7 Å². The van der Waals surface area contributed by atoms with Crippen molar-refractivity contribution in [2.45, 2.75) is 31.8 Å². The average molecular weight is 570 g/mol. The number of aliphatic carboxylic acids is 2. The molecule has 0 unspecified atom stereocenters. The zero-order chi connectivity index (χ0) is 27.8. The highest BCUT2D eigenvalue weighted by Gasteiger charge is 2.16. The Labute approximate surface area is 234 Å². The Morgan fingerprint density at radius 2 is 1.85 bits per heavy atom. The van der Waals surface area contributed by atoms with Crippen LogP contribution in [0.4, 0.5) is 11.5 Å². The topological polar surface area (TPSA) is 141 Å². The maximum absolute atomic E-state index is 11.1. The number of carbonyl (C=O) groups is 2. The van der Waals surface area contributed by atoms with Crippen molar-refractivity contribution in [3.05, 3.63) is 71.2 Å². The van der Waals surface area contributed by atoms with Gasteiger partial charge in [0.2, 0.25) is 0 Å². The Kier molecular flexibility index (Phi) is 9.72. The van der Waals surface area contributed by atoms with E-state index in [2.05, 4.69) is 15.0 Å². The summed E-state index contributed by atoms with van der Waals surface area (Å²) in [6.07, 6.45) is 1.39. The molecule has 0 radical (unpaired) electrons. The van der Waals surface area contributed by atoms with Crippen LogP contribution in [0, 0.1) is 0 Å². The number of aliphatic hydroxyl groups is 1. The number of nitrogens with one attached hydrogen (secondary N) is 2. The summed E-state index contributed by atoms with van der Waals surface area (Å²) in [5.74, 6) is -0.529. The number of fused-ring (bicyclic) bond motifs is 1. The van der Waals surface area contributed by atoms with Gasteiger partial charge in [0.05, 0.1) is 28.6 Å². The average Bonchev–Trinajstić information content (AvgIpc) is 3.32. The molecule has 5 N–H and O–H groups in total. The monoisotopic (exact) mass is 569 g/mol. The van der Waals surface area contributed by atoms with Gasteiger partial charge in [-0.1, -0.05) is 41.9 Å². The molecule has 3 aromatic carbocycles. The van der Waals surface area contributed by atoms with E-state index in [0.717, 1.165) is 26.8 Å². The molecule has 39 heavy (non-hydrogen) atoms. The number of aromatic nitrogens is 1. The van der Waals surface area contributed by atoms with Crippen molar-refractivity contribution in [3.63, 3.8) is 0 Å². The van der Waals surface area contributed by atoms with E-state index in [0.29, 0.717) is 48.3 Å². The summed E-state index contributed by atoms with van der Waals surface area (Å²) in [7, 11) is 0. The molecule has 9 nitrogen and oxygen atoms in total. The van der Waals surface area contributed by atoms with Crippen molar-refractivity contribution in [2.24, 2.45) is 0 Å². The zero-order valence-corrected chi connectivity index (χ0v) is 22.5. The third-order valence-electron chi connectivity index (χ3n) is 6.04. The molecule has 1 aromatic heterocycles. The first-order chi connectivity index (χ1) is 18.9. The minimum absolute atomic E-state index is 0.140. The predicted octanol–water partition coefficient (Wildman–Crippen LogP) is 5.53. The molecule has 1 heterocycles. The molecule has 1 atom stereocenters. The van der Waals surface area contributed by atoms with Gasteiger partial charge in [-0.25, -0.2) is 0 Å². The molecule has 11 heteroatoms. The standard InChI is InChI=1S/C28H28ClN3O6S/c29-26-20(18-8-10-19(11-9-18)38-13-2-1-6-25(34)35)4-3-5-22(26)31-27-21-12-7-17(14-24(21)39-32-27)15-30-23(16-33)28(36)37/h3-5,7-12,14,23,30,33H,1-2,6,13,15-16H2,(H,31,32)(H,34,35)(H,36,37)/t23-/m0/s1. The third kappa shape index (κ3) is 7.45. The van der Waals surface area contributed by atoms with E-state index >= 15 is 0 Å². The van der Waals surface area contributed by atoms with Gasteiger partial charge in [-0.3, -0.25) is 14.9 Å². The number of halogens is 1. The van der Waals surface area contributed by atoms with E-state index in [1.165, 1.54) is 11.5 Å². The molecule has 4 rings (SSSR count). The molecule has 0 aliphatic heterocycles. The van der Waals surface area contributed by atoms with Gasteiger partial charge in [0.25, 0.3) is 0 Å². The van der Waals surface area contributed by atoms with Gasteiger partial charge in [0, 0.05) is 23.9 Å². The number of nitrogens with zero attached hydrogens (tertiary/aromatic N) is 1. The van der Waals surface area contributed by atoms with Gasteiger partial charge >= 0.3 is 11.9 Å². The highest BCUT2D eigenvalue weighted by molar-refractivity contribution is 7.13. The smallest absolute Gasteiger partial charge is 0.323 e. The van der Waals surface area contributed by atoms with E-state index < -0.39 is 24.6 Å². The second-order valence-corrected chi connectivity index (χ2v) is 10.0. The van der Waals surface area contributed by atoms with Crippen LogP contribution in [0.25, 0.3) is 21.2 Å². The van der Waals surface area contributed by atoms with Crippen molar-refractivity contribution in [3.8, 4) is 16.9 Å². The maximum Gasteiger partial charge on any atom is 0.323 e. The van der Waals surface area contributed by atoms with Crippen LogP contribution in [0.3, 0.4) is 0 Å². The van der Waals surface area contributed by atoms with Crippen molar-refractivity contribution in [1.82, 2.24) is 9.69 Å². The van der Waals surface area contributed by atoms with Crippen LogP contribution in [0.2, 0.25) is 5.02 Å². The fraction of sp³-hybridized carbons (Fsp3) is 0.250. The largest absolute Gasteiger partial charge is 0.494 e. The number of anilines is 2. The second kappa shape index (κ2) is 13.4. The first-order valence-electron chi connectivity index (χ1n) is 12.3. The van der Waals surface area contributed by atoms with Crippen LogP contribution in [-0.4, -0.2) is 50.9 Å². The minimum atomic E-state index is -1.10.